The summed E-state index contributed by atoms with van der Waals surface area (Å²) in [6.45, 7) is 0. The minimum atomic E-state index is -0.189. The fourth-order valence-corrected chi connectivity index (χ4v) is 3.54. The summed E-state index contributed by atoms with van der Waals surface area (Å²) in [5.74, 6) is 0.779. The van der Waals surface area contributed by atoms with Gasteiger partial charge in [-0.3, -0.25) is 0 Å². The van der Waals surface area contributed by atoms with Gasteiger partial charge in [-0.25, -0.2) is 0 Å². The SMILES string of the molecule is COc1ccc(-n2c3ccccc3c3cc(C(C#N)=C(C#N)C#N)ccc32)cc1. The fraction of sp³-hybridized carbons (Fsp3) is 0.0417. The van der Waals surface area contributed by atoms with Crippen molar-refractivity contribution in [2.75, 3.05) is 7.11 Å². The molecule has 4 rings (SSSR count). The topological polar surface area (TPSA) is 85.5 Å². The van der Waals surface area contributed by atoms with Gasteiger partial charge in [0.25, 0.3) is 0 Å². The van der Waals surface area contributed by atoms with Crippen molar-refractivity contribution < 1.29 is 4.74 Å². The lowest BCUT2D eigenvalue weighted by Gasteiger charge is -2.09. The Morgan fingerprint density at radius 3 is 2.14 bits per heavy atom. The lowest BCUT2D eigenvalue weighted by molar-refractivity contribution is 0.415. The molecule has 3 aromatic carbocycles. The third kappa shape index (κ3) is 2.86. The second-order valence-electron chi connectivity index (χ2n) is 6.37. The largest absolute Gasteiger partial charge is 0.497 e. The van der Waals surface area contributed by atoms with E-state index in [9.17, 15) is 15.8 Å². The Morgan fingerprint density at radius 2 is 1.48 bits per heavy atom. The van der Waals surface area contributed by atoms with E-state index >= 15 is 0 Å². The molecule has 0 saturated carbocycles. The molecule has 1 heterocycles. The highest BCUT2D eigenvalue weighted by atomic mass is 16.5. The molecule has 0 unspecified atom stereocenters. The molecule has 0 N–H and O–H groups in total. The zero-order chi connectivity index (χ0) is 20.4. The lowest BCUT2D eigenvalue weighted by Crippen LogP contribution is -1.94. The highest BCUT2D eigenvalue weighted by Gasteiger charge is 2.15. The predicted molar refractivity (Wildman–Crippen MR) is 111 cm³/mol. The molecular weight excluding hydrogens is 360 g/mol. The van der Waals surface area contributed by atoms with Gasteiger partial charge in [-0.05, 0) is 48.0 Å². The molecule has 4 aromatic rings. The normalized spacial score (nSPS) is 10.1. The molecule has 0 spiro atoms. The van der Waals surface area contributed by atoms with E-state index in [1.54, 1.807) is 13.2 Å². The molecule has 136 valence electrons. The van der Waals surface area contributed by atoms with Crippen molar-refractivity contribution in [2.24, 2.45) is 0 Å². The number of rotatable bonds is 3. The molecule has 0 amide bonds. The maximum Gasteiger partial charge on any atom is 0.148 e. The molecule has 0 atom stereocenters. The molecule has 0 bridgehead atoms. The standard InChI is InChI=1S/C24H14N4O/c1-29-19-9-7-18(8-10-19)28-23-5-3-2-4-20(23)21-12-16(6-11-24(21)28)22(15-27)17(13-25)14-26/h2-12H,1H3. The van der Waals surface area contributed by atoms with Crippen LogP contribution in [-0.4, -0.2) is 11.7 Å². The van der Waals surface area contributed by atoms with E-state index in [2.05, 4.69) is 4.57 Å². The van der Waals surface area contributed by atoms with Crippen molar-refractivity contribution in [3.05, 3.63) is 77.9 Å². The number of para-hydroxylation sites is 1. The van der Waals surface area contributed by atoms with Crippen LogP contribution in [0.5, 0.6) is 5.75 Å². The van der Waals surface area contributed by atoms with Crippen LogP contribution in [0.2, 0.25) is 0 Å². The molecule has 1 aromatic heterocycles. The predicted octanol–water partition coefficient (Wildman–Crippen LogP) is 5.12. The molecule has 0 aliphatic rings. The first-order valence-electron chi connectivity index (χ1n) is 8.84. The number of benzene rings is 3. The molecule has 29 heavy (non-hydrogen) atoms. The van der Waals surface area contributed by atoms with Gasteiger partial charge in [0.15, 0.2) is 0 Å². The van der Waals surface area contributed by atoms with Crippen LogP contribution < -0.4 is 4.74 Å². The highest BCUT2D eigenvalue weighted by molar-refractivity contribution is 6.10. The van der Waals surface area contributed by atoms with Crippen LogP contribution >= 0.6 is 0 Å². The van der Waals surface area contributed by atoms with E-state index in [0.717, 1.165) is 33.2 Å². The van der Waals surface area contributed by atoms with Gasteiger partial charge in [0.1, 0.15) is 29.5 Å². The van der Waals surface area contributed by atoms with E-state index < -0.39 is 0 Å². The number of fused-ring (bicyclic) bond motifs is 3. The summed E-state index contributed by atoms with van der Waals surface area (Å²) >= 11 is 0. The van der Waals surface area contributed by atoms with E-state index in [-0.39, 0.29) is 11.1 Å². The summed E-state index contributed by atoms with van der Waals surface area (Å²) in [5, 5.41) is 29.8. The highest BCUT2D eigenvalue weighted by Crippen LogP contribution is 2.34. The lowest BCUT2D eigenvalue weighted by atomic mass is 10.00. The van der Waals surface area contributed by atoms with Gasteiger partial charge in [0.2, 0.25) is 0 Å². The molecule has 0 radical (unpaired) electrons. The number of nitriles is 3. The van der Waals surface area contributed by atoms with Crippen molar-refractivity contribution in [1.29, 1.82) is 15.8 Å². The van der Waals surface area contributed by atoms with Gasteiger partial charge in [-0.1, -0.05) is 24.3 Å². The van der Waals surface area contributed by atoms with Crippen LogP contribution in [0.4, 0.5) is 0 Å². The second-order valence-corrected chi connectivity index (χ2v) is 6.37. The van der Waals surface area contributed by atoms with Crippen LogP contribution in [0.3, 0.4) is 0 Å². The summed E-state index contributed by atoms with van der Waals surface area (Å²) in [5.41, 5.74) is 3.41. The van der Waals surface area contributed by atoms with Gasteiger partial charge in [-0.2, -0.15) is 15.8 Å². The quantitative estimate of drug-likeness (QED) is 0.466. The Bertz CT molecular complexity index is 1390. The van der Waals surface area contributed by atoms with Crippen molar-refractivity contribution in [2.45, 2.75) is 0 Å². The molecular formula is C24H14N4O. The third-order valence-electron chi connectivity index (χ3n) is 4.88. The monoisotopic (exact) mass is 374 g/mol. The van der Waals surface area contributed by atoms with Gasteiger partial charge in [0.05, 0.1) is 23.7 Å². The summed E-state index contributed by atoms with van der Waals surface area (Å²) in [6, 6.07) is 27.0. The number of ether oxygens (including phenoxy) is 1. The summed E-state index contributed by atoms with van der Waals surface area (Å²) in [4.78, 5) is 0. The third-order valence-corrected chi connectivity index (χ3v) is 4.88. The zero-order valence-electron chi connectivity index (χ0n) is 15.5. The Kier molecular flexibility index (Phi) is 4.46. The second kappa shape index (κ2) is 7.24. The van der Waals surface area contributed by atoms with Crippen molar-refractivity contribution >= 4 is 27.4 Å². The first-order valence-corrected chi connectivity index (χ1v) is 8.84. The Labute approximate surface area is 167 Å². The van der Waals surface area contributed by atoms with Crippen molar-refractivity contribution in [1.82, 2.24) is 4.57 Å². The van der Waals surface area contributed by atoms with Crippen LogP contribution in [0, 0.1) is 34.0 Å². The zero-order valence-corrected chi connectivity index (χ0v) is 15.5. The van der Waals surface area contributed by atoms with E-state index in [1.165, 1.54) is 0 Å². The summed E-state index contributed by atoms with van der Waals surface area (Å²) < 4.78 is 7.40. The van der Waals surface area contributed by atoms with Crippen LogP contribution in [0.1, 0.15) is 5.56 Å². The van der Waals surface area contributed by atoms with Gasteiger partial charge in [0, 0.05) is 16.5 Å². The molecule has 5 heteroatoms. The number of hydrogen-bond donors (Lipinski definition) is 0. The number of nitrogens with zero attached hydrogens (tertiary/aromatic N) is 4. The maximum atomic E-state index is 9.50. The van der Waals surface area contributed by atoms with Crippen LogP contribution in [0.25, 0.3) is 33.1 Å². The number of methoxy groups -OCH3 is 1. The van der Waals surface area contributed by atoms with Gasteiger partial charge < -0.3 is 9.30 Å². The molecule has 0 aliphatic carbocycles. The van der Waals surface area contributed by atoms with E-state index in [1.807, 2.05) is 78.9 Å². The van der Waals surface area contributed by atoms with Gasteiger partial charge in [-0.15, -0.1) is 0 Å². The van der Waals surface area contributed by atoms with Crippen molar-refractivity contribution in [3.63, 3.8) is 0 Å². The smallest absolute Gasteiger partial charge is 0.148 e. The van der Waals surface area contributed by atoms with Crippen molar-refractivity contribution in [3.8, 4) is 29.6 Å². The maximum absolute atomic E-state index is 9.50. The Morgan fingerprint density at radius 1 is 0.793 bits per heavy atom. The number of hydrogen-bond acceptors (Lipinski definition) is 4. The molecule has 5 nitrogen and oxygen atoms in total. The Balaban J connectivity index is 2.04. The van der Waals surface area contributed by atoms with Crippen LogP contribution in [0.15, 0.2) is 72.3 Å². The van der Waals surface area contributed by atoms with Crippen LogP contribution in [-0.2, 0) is 0 Å². The summed E-state index contributed by atoms with van der Waals surface area (Å²) in [6.07, 6.45) is 0. The summed E-state index contributed by atoms with van der Waals surface area (Å²) in [7, 11) is 1.63. The van der Waals surface area contributed by atoms with E-state index in [4.69, 9.17) is 4.74 Å². The fourth-order valence-electron chi connectivity index (χ4n) is 3.54. The van der Waals surface area contributed by atoms with E-state index in [0.29, 0.717) is 5.56 Å². The number of aromatic nitrogens is 1. The average molecular weight is 374 g/mol. The Hall–Kier alpha value is -4.53. The number of allylic oxidation sites excluding steroid dienone is 2. The molecule has 0 aliphatic heterocycles. The minimum absolute atomic E-state index is 0.0816. The first kappa shape index (κ1) is 17.9. The first-order chi connectivity index (χ1) is 14.2. The average Bonchev–Trinajstić information content (AvgIpc) is 3.11. The minimum Gasteiger partial charge on any atom is -0.497 e. The molecule has 0 fully saturated rings. The van der Waals surface area contributed by atoms with Gasteiger partial charge >= 0.3 is 0 Å². The molecule has 0 saturated heterocycles.